The number of unbranched alkanes of at least 4 members (excludes halogenated alkanes) is 1. The van der Waals surface area contributed by atoms with Crippen LogP contribution < -0.4 is 4.90 Å². The number of anilines is 2. The number of aromatic nitrogens is 1. The Morgan fingerprint density at radius 3 is 2.54 bits per heavy atom. The molecule has 1 atom stereocenters. The molecule has 0 amide bonds. The van der Waals surface area contributed by atoms with Crippen molar-refractivity contribution in [2.75, 3.05) is 4.90 Å². The first-order valence-electron chi connectivity index (χ1n) is 7.78. The van der Waals surface area contributed by atoms with Crippen LogP contribution in [0, 0.1) is 11.5 Å². The highest BCUT2D eigenvalue weighted by Crippen LogP contribution is 2.58. The summed E-state index contributed by atoms with van der Waals surface area (Å²) in [7, 11) is 0. The van der Waals surface area contributed by atoms with Gasteiger partial charge >= 0.3 is 6.18 Å². The van der Waals surface area contributed by atoms with Gasteiger partial charge in [0.25, 0.3) is 0 Å². The van der Waals surface area contributed by atoms with E-state index >= 15 is 0 Å². The lowest BCUT2D eigenvalue weighted by atomic mass is 9.67. The van der Waals surface area contributed by atoms with Crippen LogP contribution in [0.3, 0.4) is 0 Å². The predicted octanol–water partition coefficient (Wildman–Crippen LogP) is 5.05. The van der Waals surface area contributed by atoms with Crippen molar-refractivity contribution >= 4 is 11.4 Å². The lowest BCUT2D eigenvalue weighted by Gasteiger charge is -2.44. The van der Waals surface area contributed by atoms with Gasteiger partial charge in [-0.3, -0.25) is 4.98 Å². The number of nitriles is 1. The van der Waals surface area contributed by atoms with Crippen LogP contribution in [0.4, 0.5) is 24.5 Å². The highest BCUT2D eigenvalue weighted by Gasteiger charge is 2.60. The van der Waals surface area contributed by atoms with Gasteiger partial charge in [-0.1, -0.05) is 38.0 Å². The van der Waals surface area contributed by atoms with E-state index < -0.39 is 11.6 Å². The summed E-state index contributed by atoms with van der Waals surface area (Å²) in [5, 5.41) is 9.50. The Bertz CT molecular complexity index is 745. The van der Waals surface area contributed by atoms with E-state index in [0.717, 1.165) is 0 Å². The molecule has 1 aliphatic heterocycles. The normalized spacial score (nSPS) is 19.4. The molecule has 0 radical (unpaired) electrons. The first-order valence-corrected chi connectivity index (χ1v) is 7.78. The van der Waals surface area contributed by atoms with Crippen molar-refractivity contribution in [1.82, 2.24) is 4.98 Å². The van der Waals surface area contributed by atoms with Crippen LogP contribution in [0.5, 0.6) is 0 Å². The van der Waals surface area contributed by atoms with Gasteiger partial charge in [-0.05, 0) is 29.7 Å². The molecule has 2 heterocycles. The van der Waals surface area contributed by atoms with Crippen LogP contribution in [-0.2, 0) is 5.41 Å². The van der Waals surface area contributed by atoms with Crippen LogP contribution in [-0.4, -0.2) is 11.2 Å². The van der Waals surface area contributed by atoms with Crippen LogP contribution in [0.25, 0.3) is 0 Å². The molecular formula is C18H16F3N3. The number of hydrogen-bond donors (Lipinski definition) is 0. The minimum absolute atomic E-state index is 0.0553. The first kappa shape index (κ1) is 16.3. The topological polar surface area (TPSA) is 39.9 Å². The minimum atomic E-state index is -4.48. The van der Waals surface area contributed by atoms with Gasteiger partial charge in [-0.2, -0.15) is 18.4 Å². The van der Waals surface area contributed by atoms with Crippen molar-refractivity contribution in [3.63, 3.8) is 0 Å². The number of para-hydroxylation sites is 1. The quantitative estimate of drug-likeness (QED) is 0.739. The fraction of sp³-hybridized carbons (Fsp3) is 0.333. The molecule has 3 rings (SSSR count). The van der Waals surface area contributed by atoms with Gasteiger partial charge in [-0.25, -0.2) is 4.90 Å². The van der Waals surface area contributed by atoms with Crippen molar-refractivity contribution < 1.29 is 13.2 Å². The molecule has 1 aliphatic rings. The largest absolute Gasteiger partial charge is 0.402 e. The van der Waals surface area contributed by atoms with E-state index in [4.69, 9.17) is 0 Å². The average molecular weight is 331 g/mol. The van der Waals surface area contributed by atoms with Gasteiger partial charge < -0.3 is 0 Å². The number of benzene rings is 1. The Morgan fingerprint density at radius 1 is 1.17 bits per heavy atom. The third-order valence-corrected chi connectivity index (χ3v) is 4.59. The van der Waals surface area contributed by atoms with E-state index in [1.807, 2.05) is 13.1 Å². The zero-order valence-corrected chi connectivity index (χ0v) is 13.1. The van der Waals surface area contributed by atoms with Crippen LogP contribution in [0.15, 0.2) is 42.7 Å². The maximum absolute atomic E-state index is 14.4. The van der Waals surface area contributed by atoms with Gasteiger partial charge in [0, 0.05) is 6.20 Å². The molecular weight excluding hydrogens is 315 g/mol. The summed E-state index contributed by atoms with van der Waals surface area (Å²) >= 11 is 0. The SMILES string of the molecule is CCCCC1(C(F)(F)F)c2ccccc2N(C#N)c2cnccc21. The molecule has 0 saturated heterocycles. The molecule has 1 aromatic carbocycles. The number of hydrogen-bond acceptors (Lipinski definition) is 3. The molecule has 0 saturated carbocycles. The van der Waals surface area contributed by atoms with E-state index in [0.29, 0.717) is 12.8 Å². The molecule has 3 nitrogen and oxygen atoms in total. The summed E-state index contributed by atoms with van der Waals surface area (Å²) in [6.07, 6.45) is 1.23. The van der Waals surface area contributed by atoms with E-state index in [9.17, 15) is 18.4 Å². The Morgan fingerprint density at radius 2 is 1.88 bits per heavy atom. The Hall–Kier alpha value is -2.55. The molecule has 124 valence electrons. The van der Waals surface area contributed by atoms with E-state index in [1.54, 1.807) is 18.2 Å². The van der Waals surface area contributed by atoms with E-state index in [1.165, 1.54) is 29.4 Å². The number of halogens is 3. The molecule has 1 aromatic heterocycles. The zero-order valence-electron chi connectivity index (χ0n) is 13.1. The highest BCUT2D eigenvalue weighted by atomic mass is 19.4. The summed E-state index contributed by atoms with van der Waals surface area (Å²) in [4.78, 5) is 5.17. The summed E-state index contributed by atoms with van der Waals surface area (Å²) in [6.45, 7) is 1.87. The lowest BCUT2D eigenvalue weighted by molar-refractivity contribution is -0.180. The summed E-state index contributed by atoms with van der Waals surface area (Å²) in [5.41, 5.74) is -1.42. The third kappa shape index (κ3) is 2.15. The van der Waals surface area contributed by atoms with E-state index in [2.05, 4.69) is 4.98 Å². The molecule has 24 heavy (non-hydrogen) atoms. The van der Waals surface area contributed by atoms with Crippen LogP contribution >= 0.6 is 0 Å². The maximum atomic E-state index is 14.4. The second-order valence-corrected chi connectivity index (χ2v) is 5.85. The molecule has 6 heteroatoms. The number of fused-ring (bicyclic) bond motifs is 2. The van der Waals surface area contributed by atoms with Gasteiger partial charge in [0.15, 0.2) is 6.19 Å². The fourth-order valence-electron chi connectivity index (χ4n) is 3.50. The van der Waals surface area contributed by atoms with Crippen LogP contribution in [0.1, 0.15) is 37.3 Å². The Kier molecular flexibility index (Phi) is 3.96. The fourth-order valence-corrected chi connectivity index (χ4v) is 3.50. The van der Waals surface area contributed by atoms with Gasteiger partial charge in [0.1, 0.15) is 5.41 Å². The Balaban J connectivity index is 2.39. The number of rotatable bonds is 3. The number of nitrogens with zero attached hydrogens (tertiary/aromatic N) is 3. The summed E-state index contributed by atoms with van der Waals surface area (Å²) < 4.78 is 43.2. The van der Waals surface area contributed by atoms with Gasteiger partial charge in [0.05, 0.1) is 17.6 Å². The number of alkyl halides is 3. The standard InChI is InChI=1S/C18H16F3N3/c1-2-3-9-17(18(19,20)21)13-6-4-5-7-15(13)24(12-22)16-11-23-10-8-14(16)17/h4-8,10-11H,2-3,9H2,1H3. The van der Waals surface area contributed by atoms with Gasteiger partial charge in [0.2, 0.25) is 0 Å². The monoisotopic (exact) mass is 331 g/mol. The highest BCUT2D eigenvalue weighted by molar-refractivity contribution is 5.80. The van der Waals surface area contributed by atoms with E-state index in [-0.39, 0.29) is 28.9 Å². The molecule has 0 bridgehead atoms. The first-order chi connectivity index (χ1) is 11.5. The molecule has 1 unspecified atom stereocenters. The summed E-state index contributed by atoms with van der Waals surface area (Å²) in [5.74, 6) is 0. The molecule has 2 aromatic rings. The van der Waals surface area contributed by atoms with Crippen molar-refractivity contribution in [1.29, 1.82) is 5.26 Å². The van der Waals surface area contributed by atoms with Gasteiger partial charge in [-0.15, -0.1) is 0 Å². The lowest BCUT2D eigenvalue weighted by Crippen LogP contribution is -2.47. The number of pyridine rings is 1. The summed E-state index contributed by atoms with van der Waals surface area (Å²) in [6, 6.07) is 7.66. The van der Waals surface area contributed by atoms with Crippen molar-refractivity contribution in [3.8, 4) is 6.19 Å². The van der Waals surface area contributed by atoms with Crippen LogP contribution in [0.2, 0.25) is 0 Å². The molecule has 0 N–H and O–H groups in total. The zero-order chi connectivity index (χ0) is 17.4. The average Bonchev–Trinajstić information content (AvgIpc) is 2.57. The Labute approximate surface area is 138 Å². The molecule has 0 spiro atoms. The molecule has 0 fully saturated rings. The predicted molar refractivity (Wildman–Crippen MR) is 84.8 cm³/mol. The van der Waals surface area contributed by atoms with Crippen molar-refractivity contribution in [3.05, 3.63) is 53.9 Å². The second kappa shape index (κ2) is 5.82. The molecule has 0 aliphatic carbocycles. The van der Waals surface area contributed by atoms with Crippen molar-refractivity contribution in [2.24, 2.45) is 0 Å². The maximum Gasteiger partial charge on any atom is 0.402 e. The smallest absolute Gasteiger partial charge is 0.262 e. The minimum Gasteiger partial charge on any atom is -0.262 e. The van der Waals surface area contributed by atoms with Crippen molar-refractivity contribution in [2.45, 2.75) is 37.8 Å². The second-order valence-electron chi connectivity index (χ2n) is 5.85. The third-order valence-electron chi connectivity index (χ3n) is 4.59.